The van der Waals surface area contributed by atoms with Crippen molar-refractivity contribution in [1.29, 1.82) is 0 Å². The Hall–Kier alpha value is -2.62. The first-order chi connectivity index (χ1) is 14.7. The van der Waals surface area contributed by atoms with E-state index < -0.39 is 10.0 Å². The molecule has 0 bridgehead atoms. The highest BCUT2D eigenvalue weighted by molar-refractivity contribution is 7.92. The van der Waals surface area contributed by atoms with E-state index in [0.717, 1.165) is 11.8 Å². The van der Waals surface area contributed by atoms with Crippen molar-refractivity contribution in [3.8, 4) is 0 Å². The van der Waals surface area contributed by atoms with Crippen LogP contribution in [0.25, 0.3) is 0 Å². The highest BCUT2D eigenvalue weighted by Crippen LogP contribution is 2.25. The number of hydrogen-bond donors (Lipinski definition) is 2. The van der Waals surface area contributed by atoms with Gasteiger partial charge >= 0.3 is 0 Å². The van der Waals surface area contributed by atoms with Gasteiger partial charge in [0, 0.05) is 38.3 Å². The number of sulfonamides is 1. The van der Waals surface area contributed by atoms with E-state index in [1.54, 1.807) is 11.0 Å². The Kier molecular flexibility index (Phi) is 7.53. The first-order valence-electron chi connectivity index (χ1n) is 9.81. The smallest absolute Gasteiger partial charge is 0.254 e. The fourth-order valence-corrected chi connectivity index (χ4v) is 4.07. The fourth-order valence-electron chi connectivity index (χ4n) is 3.28. The van der Waals surface area contributed by atoms with Crippen LogP contribution in [0.15, 0.2) is 48.5 Å². The minimum absolute atomic E-state index is 0.0576. The van der Waals surface area contributed by atoms with Gasteiger partial charge in [-0.1, -0.05) is 41.9 Å². The Morgan fingerprint density at radius 2 is 1.71 bits per heavy atom. The van der Waals surface area contributed by atoms with Crippen molar-refractivity contribution in [2.24, 2.45) is 0 Å². The van der Waals surface area contributed by atoms with Gasteiger partial charge in [-0.05, 0) is 23.8 Å². The van der Waals surface area contributed by atoms with Crippen LogP contribution in [0.4, 0.5) is 5.69 Å². The summed E-state index contributed by atoms with van der Waals surface area (Å²) in [6, 6.07) is 14.2. The molecule has 1 aliphatic heterocycles. The van der Waals surface area contributed by atoms with Gasteiger partial charge in [0.15, 0.2) is 0 Å². The number of piperazine rings is 1. The molecule has 1 saturated heterocycles. The summed E-state index contributed by atoms with van der Waals surface area (Å²) in [4.78, 5) is 28.7. The standard InChI is InChI=1S/C21H25ClN4O4S/c1-31(29,30)24-19-13-17(7-8-18(19)22)21(28)26-11-9-25(10-12-26)15-20(27)23-14-16-5-3-2-4-6-16/h2-8,13,24H,9-12,14-15H2,1H3,(H,23,27). The second-order valence-electron chi connectivity index (χ2n) is 7.40. The number of halogens is 1. The van der Waals surface area contributed by atoms with Gasteiger partial charge in [0.25, 0.3) is 5.91 Å². The second kappa shape index (κ2) is 10.1. The Morgan fingerprint density at radius 1 is 1.03 bits per heavy atom. The number of benzene rings is 2. The molecule has 0 saturated carbocycles. The molecule has 1 fully saturated rings. The number of nitrogens with one attached hydrogen (secondary N) is 2. The maximum absolute atomic E-state index is 12.8. The number of hydrogen-bond acceptors (Lipinski definition) is 5. The summed E-state index contributed by atoms with van der Waals surface area (Å²) in [5.74, 6) is -0.265. The Bertz CT molecular complexity index is 1040. The van der Waals surface area contributed by atoms with Crippen LogP contribution in [0.1, 0.15) is 15.9 Å². The topological polar surface area (TPSA) is 98.8 Å². The van der Waals surface area contributed by atoms with Gasteiger partial charge in [0.2, 0.25) is 15.9 Å². The summed E-state index contributed by atoms with van der Waals surface area (Å²) in [6.45, 7) is 2.86. The number of carbonyl (C=O) groups excluding carboxylic acids is 2. The van der Waals surface area contributed by atoms with Crippen molar-refractivity contribution >= 4 is 39.1 Å². The van der Waals surface area contributed by atoms with Gasteiger partial charge in [-0.2, -0.15) is 0 Å². The van der Waals surface area contributed by atoms with Crippen LogP contribution in [-0.2, 0) is 21.4 Å². The van der Waals surface area contributed by atoms with Gasteiger partial charge in [-0.3, -0.25) is 19.2 Å². The van der Waals surface area contributed by atoms with Gasteiger partial charge < -0.3 is 10.2 Å². The lowest BCUT2D eigenvalue weighted by molar-refractivity contribution is -0.122. The largest absolute Gasteiger partial charge is 0.351 e. The molecule has 0 unspecified atom stereocenters. The molecule has 10 heteroatoms. The van der Waals surface area contributed by atoms with Gasteiger partial charge in [0.1, 0.15) is 0 Å². The molecule has 2 aromatic carbocycles. The van der Waals surface area contributed by atoms with Crippen LogP contribution in [-0.4, -0.2) is 69.0 Å². The summed E-state index contributed by atoms with van der Waals surface area (Å²) >= 11 is 6.03. The first-order valence-corrected chi connectivity index (χ1v) is 12.1. The van der Waals surface area contributed by atoms with E-state index in [2.05, 4.69) is 10.0 Å². The van der Waals surface area contributed by atoms with E-state index >= 15 is 0 Å². The molecule has 8 nitrogen and oxygen atoms in total. The van der Waals surface area contributed by atoms with Gasteiger partial charge in [-0.15, -0.1) is 0 Å². The van der Waals surface area contributed by atoms with Crippen LogP contribution in [0.3, 0.4) is 0 Å². The van der Waals surface area contributed by atoms with E-state index in [1.807, 2.05) is 35.2 Å². The van der Waals surface area contributed by atoms with Crippen molar-refractivity contribution in [3.63, 3.8) is 0 Å². The zero-order chi connectivity index (χ0) is 22.4. The third kappa shape index (κ3) is 6.95. The molecule has 0 spiro atoms. The zero-order valence-corrected chi connectivity index (χ0v) is 18.7. The Morgan fingerprint density at radius 3 is 2.35 bits per heavy atom. The van der Waals surface area contributed by atoms with Crippen molar-refractivity contribution in [1.82, 2.24) is 15.1 Å². The van der Waals surface area contributed by atoms with Gasteiger partial charge in [-0.25, -0.2) is 8.42 Å². The first kappa shape index (κ1) is 23.1. The molecule has 166 valence electrons. The molecule has 0 radical (unpaired) electrons. The lowest BCUT2D eigenvalue weighted by atomic mass is 10.1. The summed E-state index contributed by atoms with van der Waals surface area (Å²) in [7, 11) is -3.51. The summed E-state index contributed by atoms with van der Waals surface area (Å²) in [6.07, 6.45) is 1.02. The average Bonchev–Trinajstić information content (AvgIpc) is 2.74. The highest BCUT2D eigenvalue weighted by atomic mass is 35.5. The molecule has 31 heavy (non-hydrogen) atoms. The molecule has 1 aliphatic rings. The third-order valence-electron chi connectivity index (χ3n) is 4.87. The van der Waals surface area contributed by atoms with E-state index in [4.69, 9.17) is 11.6 Å². The van der Waals surface area contributed by atoms with Crippen LogP contribution in [0.5, 0.6) is 0 Å². The molecule has 0 atom stereocenters. The van der Waals surface area contributed by atoms with Crippen molar-refractivity contribution < 1.29 is 18.0 Å². The van der Waals surface area contributed by atoms with Crippen LogP contribution in [0.2, 0.25) is 5.02 Å². The van der Waals surface area contributed by atoms with Crippen molar-refractivity contribution in [3.05, 3.63) is 64.7 Å². The van der Waals surface area contributed by atoms with E-state index in [9.17, 15) is 18.0 Å². The molecular weight excluding hydrogens is 440 g/mol. The quantitative estimate of drug-likeness (QED) is 0.650. The summed E-state index contributed by atoms with van der Waals surface area (Å²) < 4.78 is 25.3. The summed E-state index contributed by atoms with van der Waals surface area (Å²) in [5, 5.41) is 3.12. The van der Waals surface area contributed by atoms with Crippen molar-refractivity contribution in [2.45, 2.75) is 6.54 Å². The predicted molar refractivity (Wildman–Crippen MR) is 121 cm³/mol. The third-order valence-corrected chi connectivity index (χ3v) is 5.79. The number of rotatable bonds is 7. The average molecular weight is 465 g/mol. The number of carbonyl (C=O) groups is 2. The number of amides is 2. The Balaban J connectivity index is 1.50. The lowest BCUT2D eigenvalue weighted by Gasteiger charge is -2.34. The van der Waals surface area contributed by atoms with Crippen LogP contribution < -0.4 is 10.0 Å². The number of nitrogens with zero attached hydrogens (tertiary/aromatic N) is 2. The van der Waals surface area contributed by atoms with E-state index in [1.165, 1.54) is 12.1 Å². The second-order valence-corrected chi connectivity index (χ2v) is 9.56. The molecule has 0 aromatic heterocycles. The minimum atomic E-state index is -3.51. The zero-order valence-electron chi connectivity index (χ0n) is 17.2. The highest BCUT2D eigenvalue weighted by Gasteiger charge is 2.24. The van der Waals surface area contributed by atoms with Crippen LogP contribution >= 0.6 is 11.6 Å². The molecule has 3 rings (SSSR count). The SMILES string of the molecule is CS(=O)(=O)Nc1cc(C(=O)N2CCN(CC(=O)NCc3ccccc3)CC2)ccc1Cl. The molecular formula is C21H25ClN4O4S. The molecule has 0 aliphatic carbocycles. The maximum atomic E-state index is 12.8. The molecule has 2 N–H and O–H groups in total. The maximum Gasteiger partial charge on any atom is 0.254 e. The molecule has 2 amide bonds. The Labute approximate surface area is 187 Å². The predicted octanol–water partition coefficient (Wildman–Crippen LogP) is 1.79. The van der Waals surface area contributed by atoms with Crippen molar-refractivity contribution in [2.75, 3.05) is 43.7 Å². The van der Waals surface area contributed by atoms with E-state index in [-0.39, 0.29) is 29.1 Å². The lowest BCUT2D eigenvalue weighted by Crippen LogP contribution is -2.51. The molecule has 1 heterocycles. The van der Waals surface area contributed by atoms with E-state index in [0.29, 0.717) is 38.3 Å². The summed E-state index contributed by atoms with van der Waals surface area (Å²) in [5.41, 5.74) is 1.56. The normalized spacial score (nSPS) is 14.8. The number of anilines is 1. The fraction of sp³-hybridized carbons (Fsp3) is 0.333. The van der Waals surface area contributed by atoms with Crippen LogP contribution in [0, 0.1) is 0 Å². The van der Waals surface area contributed by atoms with Gasteiger partial charge in [0.05, 0.1) is 23.5 Å². The monoisotopic (exact) mass is 464 g/mol. The molecule has 2 aromatic rings. The minimum Gasteiger partial charge on any atom is -0.351 e.